The molecule has 6 nitrogen and oxygen atoms in total. The van der Waals surface area contributed by atoms with Gasteiger partial charge in [0.05, 0.1) is 14.2 Å². The standard InChI is InChI=1S/C22H29FN2O4/c1-28-19-5-6-22(27)17(11-19)13-24-8-9-25(18(15-24)7-10-26)14-16-3-4-20(29-2)12-21(16)23/h3-6,11-12,18,26-27H,7-10,13-15H2,1-2H3. The lowest BCUT2D eigenvalue weighted by atomic mass is 10.1. The molecule has 2 N–H and O–H groups in total. The highest BCUT2D eigenvalue weighted by molar-refractivity contribution is 5.39. The first-order chi connectivity index (χ1) is 14.0. The Balaban J connectivity index is 1.68. The summed E-state index contributed by atoms with van der Waals surface area (Å²) in [6.07, 6.45) is 0.609. The van der Waals surface area contributed by atoms with Crippen LogP contribution in [0.25, 0.3) is 0 Å². The molecule has 2 aromatic carbocycles. The fraction of sp³-hybridized carbons (Fsp3) is 0.455. The van der Waals surface area contributed by atoms with Crippen LogP contribution in [0, 0.1) is 5.82 Å². The van der Waals surface area contributed by atoms with E-state index in [2.05, 4.69) is 9.80 Å². The first kappa shape index (κ1) is 21.4. The zero-order valence-electron chi connectivity index (χ0n) is 17.0. The van der Waals surface area contributed by atoms with Gasteiger partial charge in [-0.25, -0.2) is 4.39 Å². The minimum Gasteiger partial charge on any atom is -0.508 e. The number of aliphatic hydroxyl groups excluding tert-OH is 1. The smallest absolute Gasteiger partial charge is 0.131 e. The van der Waals surface area contributed by atoms with Crippen molar-refractivity contribution >= 4 is 0 Å². The van der Waals surface area contributed by atoms with E-state index in [1.807, 2.05) is 6.07 Å². The zero-order chi connectivity index (χ0) is 20.8. The van der Waals surface area contributed by atoms with Crippen LogP contribution in [-0.2, 0) is 13.1 Å². The van der Waals surface area contributed by atoms with Crippen molar-refractivity contribution in [3.8, 4) is 17.2 Å². The maximum absolute atomic E-state index is 14.4. The molecule has 1 unspecified atom stereocenters. The summed E-state index contributed by atoms with van der Waals surface area (Å²) in [6.45, 7) is 3.42. The molecule has 1 saturated heterocycles. The molecule has 2 aromatic rings. The molecule has 1 atom stereocenters. The first-order valence-corrected chi connectivity index (χ1v) is 9.79. The van der Waals surface area contributed by atoms with E-state index < -0.39 is 0 Å². The average Bonchev–Trinajstić information content (AvgIpc) is 2.73. The second-order valence-corrected chi connectivity index (χ2v) is 7.32. The van der Waals surface area contributed by atoms with Crippen LogP contribution in [0.3, 0.4) is 0 Å². The van der Waals surface area contributed by atoms with Gasteiger partial charge in [-0.2, -0.15) is 0 Å². The number of hydrogen-bond acceptors (Lipinski definition) is 6. The summed E-state index contributed by atoms with van der Waals surface area (Å²) in [5, 5.41) is 19.7. The Kier molecular flexibility index (Phi) is 7.30. The largest absolute Gasteiger partial charge is 0.508 e. The highest BCUT2D eigenvalue weighted by Gasteiger charge is 2.27. The van der Waals surface area contributed by atoms with Gasteiger partial charge >= 0.3 is 0 Å². The van der Waals surface area contributed by atoms with Gasteiger partial charge in [-0.15, -0.1) is 0 Å². The summed E-state index contributed by atoms with van der Waals surface area (Å²) in [5.74, 6) is 1.17. The molecule has 29 heavy (non-hydrogen) atoms. The van der Waals surface area contributed by atoms with Crippen LogP contribution >= 0.6 is 0 Å². The van der Waals surface area contributed by atoms with Gasteiger partial charge in [0.25, 0.3) is 0 Å². The van der Waals surface area contributed by atoms with E-state index in [9.17, 15) is 14.6 Å². The summed E-state index contributed by atoms with van der Waals surface area (Å²) in [5.41, 5.74) is 1.43. The summed E-state index contributed by atoms with van der Waals surface area (Å²) in [6, 6.07) is 10.2. The van der Waals surface area contributed by atoms with E-state index in [4.69, 9.17) is 9.47 Å². The normalized spacial score (nSPS) is 18.0. The van der Waals surface area contributed by atoms with Crippen LogP contribution in [0.1, 0.15) is 17.5 Å². The lowest BCUT2D eigenvalue weighted by Gasteiger charge is -2.41. The molecule has 0 saturated carbocycles. The first-order valence-electron chi connectivity index (χ1n) is 9.79. The molecule has 0 bridgehead atoms. The number of halogens is 1. The van der Waals surface area contributed by atoms with Gasteiger partial charge in [-0.1, -0.05) is 6.07 Å². The minimum atomic E-state index is -0.282. The Morgan fingerprint density at radius 3 is 2.41 bits per heavy atom. The Hall–Kier alpha value is -2.35. The third-order valence-corrected chi connectivity index (χ3v) is 5.47. The number of piperazine rings is 1. The van der Waals surface area contributed by atoms with E-state index in [0.717, 1.165) is 25.2 Å². The number of ether oxygens (including phenoxy) is 2. The molecule has 1 aliphatic heterocycles. The highest BCUT2D eigenvalue weighted by atomic mass is 19.1. The second kappa shape index (κ2) is 9.91. The van der Waals surface area contributed by atoms with Crippen LogP contribution in [0.5, 0.6) is 17.2 Å². The van der Waals surface area contributed by atoms with Crippen molar-refractivity contribution in [3.63, 3.8) is 0 Å². The van der Waals surface area contributed by atoms with Gasteiger partial charge in [0.1, 0.15) is 23.1 Å². The van der Waals surface area contributed by atoms with Crippen molar-refractivity contribution in [2.24, 2.45) is 0 Å². The Labute approximate surface area is 171 Å². The van der Waals surface area contributed by atoms with Gasteiger partial charge in [0.2, 0.25) is 0 Å². The van der Waals surface area contributed by atoms with E-state index in [1.54, 1.807) is 31.4 Å². The Bertz CT molecular complexity index is 817. The van der Waals surface area contributed by atoms with Crippen LogP contribution in [-0.4, -0.2) is 66.5 Å². The molecule has 0 aromatic heterocycles. The van der Waals surface area contributed by atoms with Gasteiger partial charge in [-0.05, 0) is 30.7 Å². The summed E-state index contributed by atoms with van der Waals surface area (Å²) < 4.78 is 24.7. The summed E-state index contributed by atoms with van der Waals surface area (Å²) in [4.78, 5) is 4.46. The second-order valence-electron chi connectivity index (χ2n) is 7.32. The number of hydrogen-bond donors (Lipinski definition) is 2. The lowest BCUT2D eigenvalue weighted by Crippen LogP contribution is -2.52. The van der Waals surface area contributed by atoms with Crippen LogP contribution in [0.2, 0.25) is 0 Å². The fourth-order valence-corrected chi connectivity index (χ4v) is 3.79. The van der Waals surface area contributed by atoms with Crippen molar-refractivity contribution < 1.29 is 24.1 Å². The summed E-state index contributed by atoms with van der Waals surface area (Å²) >= 11 is 0. The maximum atomic E-state index is 14.4. The molecular weight excluding hydrogens is 375 g/mol. The molecule has 3 rings (SSSR count). The quantitative estimate of drug-likeness (QED) is 0.705. The zero-order valence-corrected chi connectivity index (χ0v) is 17.0. The fourth-order valence-electron chi connectivity index (χ4n) is 3.79. The van der Waals surface area contributed by atoms with E-state index in [-0.39, 0.29) is 24.2 Å². The third-order valence-electron chi connectivity index (χ3n) is 5.47. The van der Waals surface area contributed by atoms with Crippen molar-refractivity contribution in [1.29, 1.82) is 0 Å². The van der Waals surface area contributed by atoms with Gasteiger partial charge in [-0.3, -0.25) is 9.80 Å². The molecule has 0 radical (unpaired) electrons. The summed E-state index contributed by atoms with van der Waals surface area (Å²) in [7, 11) is 3.12. The SMILES string of the molecule is COc1ccc(CN2CCN(Cc3cc(OC)ccc3O)CC2CCO)c(F)c1. The van der Waals surface area contributed by atoms with E-state index >= 15 is 0 Å². The molecule has 0 amide bonds. The van der Waals surface area contributed by atoms with Crippen molar-refractivity contribution in [1.82, 2.24) is 9.80 Å². The number of phenols is 1. The van der Waals surface area contributed by atoms with Crippen LogP contribution in [0.15, 0.2) is 36.4 Å². The predicted octanol–water partition coefficient (Wildman–Crippen LogP) is 2.62. The monoisotopic (exact) mass is 404 g/mol. The molecule has 7 heteroatoms. The van der Waals surface area contributed by atoms with Crippen molar-refractivity contribution in [2.75, 3.05) is 40.5 Å². The minimum absolute atomic E-state index is 0.0739. The molecule has 158 valence electrons. The average molecular weight is 404 g/mol. The number of rotatable bonds is 8. The molecule has 1 fully saturated rings. The van der Waals surface area contributed by atoms with E-state index in [1.165, 1.54) is 13.2 Å². The molecular formula is C22H29FN2O4. The van der Waals surface area contributed by atoms with Gasteiger partial charge < -0.3 is 19.7 Å². The Morgan fingerprint density at radius 1 is 1.00 bits per heavy atom. The highest BCUT2D eigenvalue weighted by Crippen LogP contribution is 2.26. The number of aromatic hydroxyl groups is 1. The predicted molar refractivity (Wildman–Crippen MR) is 109 cm³/mol. The number of aliphatic hydroxyl groups is 1. The Morgan fingerprint density at radius 2 is 1.72 bits per heavy atom. The van der Waals surface area contributed by atoms with Crippen LogP contribution in [0.4, 0.5) is 4.39 Å². The van der Waals surface area contributed by atoms with Crippen molar-refractivity contribution in [2.45, 2.75) is 25.6 Å². The van der Waals surface area contributed by atoms with E-state index in [0.29, 0.717) is 36.6 Å². The molecule has 1 heterocycles. The van der Waals surface area contributed by atoms with Gasteiger partial charge in [0, 0.05) is 62.6 Å². The molecule has 0 spiro atoms. The third kappa shape index (κ3) is 5.38. The number of benzene rings is 2. The number of nitrogens with zero attached hydrogens (tertiary/aromatic N) is 2. The number of methoxy groups -OCH3 is 2. The topological polar surface area (TPSA) is 65.4 Å². The maximum Gasteiger partial charge on any atom is 0.131 e. The van der Waals surface area contributed by atoms with Crippen molar-refractivity contribution in [3.05, 3.63) is 53.3 Å². The lowest BCUT2D eigenvalue weighted by molar-refractivity contribution is 0.0489. The number of phenolic OH excluding ortho intramolecular Hbond substituents is 1. The molecule has 0 aliphatic carbocycles. The van der Waals surface area contributed by atoms with Crippen LogP contribution < -0.4 is 9.47 Å². The molecule has 1 aliphatic rings. The van der Waals surface area contributed by atoms with Gasteiger partial charge in [0.15, 0.2) is 0 Å².